The molecule has 0 spiro atoms. The molecule has 0 aliphatic heterocycles. The molecule has 0 bridgehead atoms. The minimum atomic E-state index is -3.90. The number of nitrogens with two attached hydrogens (primary N) is 1. The zero-order valence-corrected chi connectivity index (χ0v) is 12.1. The average molecular weight is 335 g/mol. The van der Waals surface area contributed by atoms with Crippen molar-refractivity contribution in [1.29, 1.82) is 0 Å². The molecule has 20 heavy (non-hydrogen) atoms. The van der Waals surface area contributed by atoms with Gasteiger partial charge in [-0.25, -0.2) is 8.42 Å². The van der Waals surface area contributed by atoms with Crippen LogP contribution < -0.4 is 5.73 Å². The highest BCUT2D eigenvalue weighted by Crippen LogP contribution is 2.29. The Morgan fingerprint density at radius 2 is 1.90 bits per heavy atom. The summed E-state index contributed by atoms with van der Waals surface area (Å²) in [6.07, 6.45) is 0. The van der Waals surface area contributed by atoms with E-state index in [9.17, 15) is 8.42 Å². The Labute approximate surface area is 124 Å². The molecular weight excluding hydrogens is 327 g/mol. The SMILES string of the molecule is N/C(=N\O)c1ccc(S(=O)(=O)c2ccc(Cl)c(Cl)c2)o1. The third kappa shape index (κ3) is 2.60. The van der Waals surface area contributed by atoms with E-state index in [1.165, 1.54) is 30.3 Å². The molecule has 0 aliphatic carbocycles. The van der Waals surface area contributed by atoms with Crippen molar-refractivity contribution in [3.63, 3.8) is 0 Å². The molecule has 2 rings (SSSR count). The molecule has 9 heteroatoms. The van der Waals surface area contributed by atoms with Crippen molar-refractivity contribution >= 4 is 38.9 Å². The first-order chi connectivity index (χ1) is 9.36. The number of nitrogens with zero attached hydrogens (tertiary/aromatic N) is 1. The van der Waals surface area contributed by atoms with E-state index in [-0.39, 0.29) is 31.6 Å². The zero-order valence-electron chi connectivity index (χ0n) is 9.75. The van der Waals surface area contributed by atoms with Crippen molar-refractivity contribution in [3.05, 3.63) is 46.1 Å². The Kier molecular flexibility index (Phi) is 3.94. The maximum atomic E-state index is 12.3. The Bertz CT molecular complexity index is 783. The minimum absolute atomic E-state index is 0.0638. The van der Waals surface area contributed by atoms with Gasteiger partial charge in [0.1, 0.15) is 0 Å². The molecule has 2 aromatic rings. The number of amidine groups is 1. The van der Waals surface area contributed by atoms with E-state index in [1.807, 2.05) is 0 Å². The van der Waals surface area contributed by atoms with Crippen molar-refractivity contribution < 1.29 is 18.0 Å². The standard InChI is InChI=1S/C11H8Cl2N2O4S/c12-7-2-1-6(5-8(7)13)20(17,18)10-4-3-9(19-10)11(14)15-16/h1-5,16H,(H2,14,15). The molecule has 0 aliphatic rings. The Hall–Kier alpha value is -1.70. The van der Waals surface area contributed by atoms with E-state index < -0.39 is 9.84 Å². The van der Waals surface area contributed by atoms with Gasteiger partial charge in [-0.1, -0.05) is 28.4 Å². The number of oxime groups is 1. The Morgan fingerprint density at radius 1 is 1.20 bits per heavy atom. The van der Waals surface area contributed by atoms with Gasteiger partial charge in [0.05, 0.1) is 14.9 Å². The van der Waals surface area contributed by atoms with Gasteiger partial charge in [0, 0.05) is 0 Å². The number of rotatable bonds is 3. The van der Waals surface area contributed by atoms with Crippen molar-refractivity contribution in [1.82, 2.24) is 0 Å². The first-order valence-corrected chi connectivity index (χ1v) is 7.38. The molecule has 0 saturated carbocycles. The van der Waals surface area contributed by atoms with E-state index in [2.05, 4.69) is 5.16 Å². The highest BCUT2D eigenvalue weighted by atomic mass is 35.5. The van der Waals surface area contributed by atoms with Crippen LogP contribution in [0.4, 0.5) is 0 Å². The van der Waals surface area contributed by atoms with E-state index >= 15 is 0 Å². The lowest BCUT2D eigenvalue weighted by Crippen LogP contribution is -2.11. The topological polar surface area (TPSA) is 106 Å². The summed E-state index contributed by atoms with van der Waals surface area (Å²) in [4.78, 5) is -0.0766. The maximum absolute atomic E-state index is 12.3. The molecule has 106 valence electrons. The second-order valence-electron chi connectivity index (χ2n) is 3.68. The van der Waals surface area contributed by atoms with Gasteiger partial charge < -0.3 is 15.4 Å². The number of benzene rings is 1. The van der Waals surface area contributed by atoms with Gasteiger partial charge in [-0.05, 0) is 30.3 Å². The summed E-state index contributed by atoms with van der Waals surface area (Å²) >= 11 is 11.5. The first-order valence-electron chi connectivity index (χ1n) is 5.14. The number of halogens is 2. The third-order valence-electron chi connectivity index (χ3n) is 2.41. The molecule has 1 aromatic heterocycles. The van der Waals surface area contributed by atoms with Gasteiger partial charge in [0.25, 0.3) is 0 Å². The molecule has 0 saturated heterocycles. The lowest BCUT2D eigenvalue weighted by atomic mass is 10.4. The van der Waals surface area contributed by atoms with Gasteiger partial charge in [0.2, 0.25) is 20.8 Å². The molecule has 0 atom stereocenters. The van der Waals surface area contributed by atoms with Crippen molar-refractivity contribution in [3.8, 4) is 0 Å². The second-order valence-corrected chi connectivity index (χ2v) is 6.38. The molecule has 0 unspecified atom stereocenters. The smallest absolute Gasteiger partial charge is 0.239 e. The van der Waals surface area contributed by atoms with Crippen LogP contribution in [0, 0.1) is 0 Å². The highest BCUT2D eigenvalue weighted by molar-refractivity contribution is 7.91. The number of furan rings is 1. The van der Waals surface area contributed by atoms with E-state index in [0.29, 0.717) is 0 Å². The number of sulfone groups is 1. The van der Waals surface area contributed by atoms with Crippen LogP contribution in [0.2, 0.25) is 10.0 Å². The van der Waals surface area contributed by atoms with Gasteiger partial charge in [-0.2, -0.15) is 0 Å². The fourth-order valence-electron chi connectivity index (χ4n) is 1.41. The number of hydrogen-bond donors (Lipinski definition) is 2. The lowest BCUT2D eigenvalue weighted by molar-refractivity contribution is 0.316. The minimum Gasteiger partial charge on any atom is -0.441 e. The summed E-state index contributed by atoms with van der Waals surface area (Å²) in [5, 5.41) is 11.2. The third-order valence-corrected chi connectivity index (χ3v) is 4.77. The molecular formula is C11H8Cl2N2O4S. The summed E-state index contributed by atoms with van der Waals surface area (Å²) in [7, 11) is -3.90. The van der Waals surface area contributed by atoms with Crippen LogP contribution in [0.15, 0.2) is 49.9 Å². The molecule has 0 fully saturated rings. The predicted octanol–water partition coefficient (Wildman–Crippen LogP) is 2.51. The van der Waals surface area contributed by atoms with Gasteiger partial charge in [-0.15, -0.1) is 0 Å². The molecule has 1 aromatic carbocycles. The molecule has 0 radical (unpaired) electrons. The fraction of sp³-hybridized carbons (Fsp3) is 0. The lowest BCUT2D eigenvalue weighted by Gasteiger charge is -2.03. The van der Waals surface area contributed by atoms with Crippen LogP contribution in [0.1, 0.15) is 5.76 Å². The summed E-state index contributed by atoms with van der Waals surface area (Å²) < 4.78 is 29.6. The molecule has 6 nitrogen and oxygen atoms in total. The monoisotopic (exact) mass is 334 g/mol. The quantitative estimate of drug-likeness (QED) is 0.388. The normalized spacial score (nSPS) is 12.6. The van der Waals surface area contributed by atoms with Crippen LogP contribution in [0.5, 0.6) is 0 Å². The Morgan fingerprint density at radius 3 is 2.50 bits per heavy atom. The van der Waals surface area contributed by atoms with Crippen LogP contribution in [-0.2, 0) is 9.84 Å². The molecule has 1 heterocycles. The van der Waals surface area contributed by atoms with Gasteiger partial charge >= 0.3 is 0 Å². The van der Waals surface area contributed by atoms with Gasteiger partial charge in [0.15, 0.2) is 5.76 Å². The van der Waals surface area contributed by atoms with Crippen LogP contribution in [-0.4, -0.2) is 19.5 Å². The summed E-state index contributed by atoms with van der Waals surface area (Å²) in [6, 6.07) is 6.36. The summed E-state index contributed by atoms with van der Waals surface area (Å²) in [5.41, 5.74) is 5.31. The van der Waals surface area contributed by atoms with Crippen LogP contribution in [0.25, 0.3) is 0 Å². The van der Waals surface area contributed by atoms with E-state index in [1.54, 1.807) is 0 Å². The largest absolute Gasteiger partial charge is 0.441 e. The molecule has 3 N–H and O–H groups in total. The van der Waals surface area contributed by atoms with Crippen LogP contribution in [0.3, 0.4) is 0 Å². The van der Waals surface area contributed by atoms with E-state index in [4.69, 9.17) is 38.6 Å². The molecule has 0 amide bonds. The average Bonchev–Trinajstić information content (AvgIpc) is 2.91. The van der Waals surface area contributed by atoms with Gasteiger partial charge in [-0.3, -0.25) is 0 Å². The summed E-state index contributed by atoms with van der Waals surface area (Å²) in [6.45, 7) is 0. The van der Waals surface area contributed by atoms with E-state index in [0.717, 1.165) is 0 Å². The number of hydrogen-bond acceptors (Lipinski definition) is 5. The second kappa shape index (κ2) is 5.35. The van der Waals surface area contributed by atoms with Crippen molar-refractivity contribution in [2.45, 2.75) is 9.99 Å². The summed E-state index contributed by atoms with van der Waals surface area (Å²) in [5.74, 6) is -0.397. The highest BCUT2D eigenvalue weighted by Gasteiger charge is 2.23. The Balaban J connectivity index is 2.49. The van der Waals surface area contributed by atoms with Crippen LogP contribution >= 0.6 is 23.2 Å². The first kappa shape index (κ1) is 14.7. The zero-order chi connectivity index (χ0) is 14.9. The fourth-order valence-corrected chi connectivity index (χ4v) is 2.97. The predicted molar refractivity (Wildman–Crippen MR) is 73.1 cm³/mol. The van der Waals surface area contributed by atoms with Crippen molar-refractivity contribution in [2.75, 3.05) is 0 Å². The maximum Gasteiger partial charge on any atom is 0.239 e. The van der Waals surface area contributed by atoms with Crippen molar-refractivity contribution in [2.24, 2.45) is 10.9 Å².